The van der Waals surface area contributed by atoms with Gasteiger partial charge in [0.05, 0.1) is 18.4 Å². The minimum absolute atomic E-state index is 0.158. The maximum atomic E-state index is 15.6. The first-order valence-electron chi connectivity index (χ1n) is 16.4. The van der Waals surface area contributed by atoms with E-state index >= 15 is 13.2 Å². The fourth-order valence-corrected chi connectivity index (χ4v) is 5.92. The molecule has 1 aromatic heterocycles. The van der Waals surface area contributed by atoms with Crippen molar-refractivity contribution in [1.82, 2.24) is 35.3 Å². The number of amides is 4. The number of aromatic nitrogens is 2. The van der Waals surface area contributed by atoms with Crippen LogP contribution in [0, 0.1) is 11.7 Å². The number of likely N-dealkylation sites (N-methyl/N-ethyl adjacent to an activating group) is 1. The Kier molecular flexibility index (Phi) is 12.5. The summed E-state index contributed by atoms with van der Waals surface area (Å²) >= 11 is 0. The number of carbonyl (C=O) groups is 4. The van der Waals surface area contributed by atoms with Crippen molar-refractivity contribution in [2.24, 2.45) is 5.92 Å². The molecule has 2 aromatic rings. The van der Waals surface area contributed by atoms with Gasteiger partial charge in [0.25, 0.3) is 5.91 Å². The predicted molar refractivity (Wildman–Crippen MR) is 174 cm³/mol. The summed E-state index contributed by atoms with van der Waals surface area (Å²) in [5.41, 5.74) is -0.618. The highest BCUT2D eigenvalue weighted by Gasteiger charge is 2.45. The standard InChI is InChI=1S/C33H45F3N8O5/c1-6-26(45)40-27(30(47)44-15-13-43(4)14-16-44)20(2)22-7-8-25(24(34)17-22)39-29(46)28(21-9-11-42(3)12-10-21)41-31(48)33(35,36)23-18-37-32(49-5)38-19-23/h7-8,17-21,27-28H,6,9-16H2,1-5H3,(H,39,46)(H,40,45)(H,41,48)/t20-,27+,28-/m0/s1. The number of carbonyl (C=O) groups excluding carboxylic acids is 4. The average molecular weight is 691 g/mol. The highest BCUT2D eigenvalue weighted by molar-refractivity contribution is 5.98. The van der Waals surface area contributed by atoms with Gasteiger partial charge in [0.2, 0.25) is 17.7 Å². The van der Waals surface area contributed by atoms with E-state index in [9.17, 15) is 19.2 Å². The van der Waals surface area contributed by atoms with Gasteiger partial charge in [-0.05, 0) is 63.6 Å². The Morgan fingerprint density at radius 1 is 0.980 bits per heavy atom. The summed E-state index contributed by atoms with van der Waals surface area (Å²) in [7, 11) is 5.11. The zero-order valence-electron chi connectivity index (χ0n) is 28.5. The van der Waals surface area contributed by atoms with Gasteiger partial charge in [-0.3, -0.25) is 19.2 Å². The highest BCUT2D eigenvalue weighted by Crippen LogP contribution is 2.30. The molecule has 4 amide bonds. The van der Waals surface area contributed by atoms with Crippen molar-refractivity contribution in [1.29, 1.82) is 0 Å². The number of halogens is 3. The first-order chi connectivity index (χ1) is 23.2. The Morgan fingerprint density at radius 2 is 1.59 bits per heavy atom. The molecule has 49 heavy (non-hydrogen) atoms. The summed E-state index contributed by atoms with van der Waals surface area (Å²) in [6.45, 7) is 6.87. The second kappa shape index (κ2) is 16.4. The normalized spacial score (nSPS) is 18.2. The van der Waals surface area contributed by atoms with Crippen molar-refractivity contribution in [2.45, 2.75) is 57.0 Å². The van der Waals surface area contributed by atoms with Gasteiger partial charge in [0, 0.05) is 50.9 Å². The molecule has 0 radical (unpaired) electrons. The summed E-state index contributed by atoms with van der Waals surface area (Å²) < 4.78 is 50.8. The Bertz CT molecular complexity index is 1480. The lowest BCUT2D eigenvalue weighted by Gasteiger charge is -2.36. The molecule has 3 N–H and O–H groups in total. The molecular formula is C33H45F3N8O5. The molecule has 1 aromatic carbocycles. The molecule has 0 saturated carbocycles. The molecule has 0 unspecified atom stereocenters. The third-order valence-corrected chi connectivity index (χ3v) is 9.26. The van der Waals surface area contributed by atoms with Crippen LogP contribution in [0.15, 0.2) is 30.6 Å². The number of rotatable bonds is 12. The molecule has 0 aliphatic carbocycles. The number of anilines is 1. The first-order valence-corrected chi connectivity index (χ1v) is 16.4. The van der Waals surface area contributed by atoms with Gasteiger partial charge in [-0.25, -0.2) is 14.4 Å². The van der Waals surface area contributed by atoms with Crippen LogP contribution < -0.4 is 20.7 Å². The smallest absolute Gasteiger partial charge is 0.352 e. The number of nitrogens with one attached hydrogen (secondary N) is 3. The average Bonchev–Trinajstić information content (AvgIpc) is 3.10. The van der Waals surface area contributed by atoms with Gasteiger partial charge in [-0.1, -0.05) is 19.9 Å². The van der Waals surface area contributed by atoms with Crippen LogP contribution in [0.5, 0.6) is 6.01 Å². The largest absolute Gasteiger partial charge is 0.467 e. The van der Waals surface area contributed by atoms with Gasteiger partial charge in [-0.2, -0.15) is 8.78 Å². The lowest BCUT2D eigenvalue weighted by molar-refractivity contribution is -0.149. The third-order valence-electron chi connectivity index (χ3n) is 9.26. The van der Waals surface area contributed by atoms with E-state index in [0.29, 0.717) is 57.7 Å². The Hall–Kier alpha value is -4.31. The quantitative estimate of drug-likeness (QED) is 0.304. The SMILES string of the molecule is CCC(=O)N[C@@H](C(=O)N1CCN(C)CC1)[C@@H](C)c1ccc(NC(=O)[C@@H](NC(=O)C(F)(F)c2cnc(OC)nc2)C2CCN(C)CC2)c(F)c1. The molecule has 268 valence electrons. The van der Waals surface area contributed by atoms with Crippen LogP contribution in [-0.2, 0) is 25.1 Å². The van der Waals surface area contributed by atoms with Crippen LogP contribution in [0.1, 0.15) is 50.2 Å². The van der Waals surface area contributed by atoms with Crippen LogP contribution in [0.3, 0.4) is 0 Å². The maximum Gasteiger partial charge on any atom is 0.352 e. The van der Waals surface area contributed by atoms with Crippen molar-refractivity contribution in [3.05, 3.63) is 47.5 Å². The number of alkyl halides is 2. The van der Waals surface area contributed by atoms with Crippen LogP contribution in [0.25, 0.3) is 0 Å². The minimum atomic E-state index is -4.08. The van der Waals surface area contributed by atoms with Gasteiger partial charge >= 0.3 is 11.9 Å². The molecule has 2 saturated heterocycles. The van der Waals surface area contributed by atoms with Crippen LogP contribution >= 0.6 is 0 Å². The van der Waals surface area contributed by atoms with Gasteiger partial charge in [0.1, 0.15) is 17.9 Å². The molecule has 4 rings (SSSR count). The van der Waals surface area contributed by atoms with Crippen LogP contribution in [0.4, 0.5) is 18.9 Å². The maximum absolute atomic E-state index is 15.6. The molecule has 13 nitrogen and oxygen atoms in total. The Morgan fingerprint density at radius 3 is 2.16 bits per heavy atom. The molecule has 0 bridgehead atoms. The van der Waals surface area contributed by atoms with Crippen LogP contribution in [0.2, 0.25) is 0 Å². The van der Waals surface area contributed by atoms with E-state index in [0.717, 1.165) is 12.4 Å². The molecule has 2 fully saturated rings. The fraction of sp³-hybridized carbons (Fsp3) is 0.576. The van der Waals surface area contributed by atoms with Gasteiger partial charge in [0.15, 0.2) is 0 Å². The number of piperidine rings is 1. The van der Waals surface area contributed by atoms with Crippen molar-refractivity contribution >= 4 is 29.3 Å². The molecule has 2 aliphatic heterocycles. The van der Waals surface area contributed by atoms with Gasteiger partial charge in [-0.15, -0.1) is 0 Å². The number of nitrogens with zero attached hydrogens (tertiary/aromatic N) is 5. The van der Waals surface area contributed by atoms with E-state index in [4.69, 9.17) is 4.74 Å². The number of piperazine rings is 1. The first kappa shape index (κ1) is 37.5. The molecule has 3 heterocycles. The minimum Gasteiger partial charge on any atom is -0.467 e. The van der Waals surface area contributed by atoms with E-state index in [-0.39, 0.29) is 29.9 Å². The Labute approximate surface area is 283 Å². The number of benzene rings is 1. The number of hydrogen-bond donors (Lipinski definition) is 3. The van der Waals surface area contributed by atoms with Gasteiger partial charge < -0.3 is 35.4 Å². The topological polar surface area (TPSA) is 149 Å². The number of methoxy groups -OCH3 is 1. The van der Waals surface area contributed by atoms with E-state index in [1.54, 1.807) is 18.7 Å². The summed E-state index contributed by atoms with van der Waals surface area (Å²) in [4.78, 5) is 65.6. The van der Waals surface area contributed by atoms with E-state index in [1.165, 1.54) is 25.3 Å². The number of hydrogen-bond acceptors (Lipinski definition) is 9. The second-order valence-electron chi connectivity index (χ2n) is 12.7. The summed E-state index contributed by atoms with van der Waals surface area (Å²) in [5.74, 6) is -9.22. The summed E-state index contributed by atoms with van der Waals surface area (Å²) in [5, 5.41) is 7.46. The van der Waals surface area contributed by atoms with Crippen molar-refractivity contribution in [2.75, 3.05) is 65.8 Å². The van der Waals surface area contributed by atoms with E-state index in [2.05, 4.69) is 30.8 Å². The molecule has 16 heteroatoms. The van der Waals surface area contributed by atoms with E-state index in [1.807, 2.05) is 19.0 Å². The third kappa shape index (κ3) is 9.23. The predicted octanol–water partition coefficient (Wildman–Crippen LogP) is 1.95. The fourth-order valence-electron chi connectivity index (χ4n) is 5.92. The molecular weight excluding hydrogens is 645 g/mol. The second-order valence-corrected chi connectivity index (χ2v) is 12.7. The molecule has 3 atom stereocenters. The Balaban J connectivity index is 1.53. The monoisotopic (exact) mass is 690 g/mol. The van der Waals surface area contributed by atoms with Crippen molar-refractivity contribution in [3.8, 4) is 6.01 Å². The van der Waals surface area contributed by atoms with Crippen LogP contribution in [-0.4, -0.2) is 121 Å². The summed E-state index contributed by atoms with van der Waals surface area (Å²) in [6, 6.07) is 1.51. The van der Waals surface area contributed by atoms with E-state index < -0.39 is 53.0 Å². The van der Waals surface area contributed by atoms with Crippen molar-refractivity contribution < 1.29 is 37.1 Å². The lowest BCUT2D eigenvalue weighted by atomic mass is 9.88. The lowest BCUT2D eigenvalue weighted by Crippen LogP contribution is -2.55. The zero-order valence-corrected chi connectivity index (χ0v) is 28.5. The molecule has 0 spiro atoms. The molecule has 2 aliphatic rings. The summed E-state index contributed by atoms with van der Waals surface area (Å²) in [6.07, 6.45) is 2.55. The number of ether oxygens (including phenoxy) is 1. The zero-order chi connectivity index (χ0) is 35.9. The number of likely N-dealkylation sites (tertiary alicyclic amines) is 1. The van der Waals surface area contributed by atoms with Crippen molar-refractivity contribution in [3.63, 3.8) is 0 Å². The highest BCUT2D eigenvalue weighted by atomic mass is 19.3.